The van der Waals surface area contributed by atoms with Gasteiger partial charge >= 0.3 is 5.97 Å². The molecule has 0 heterocycles. The van der Waals surface area contributed by atoms with Crippen molar-refractivity contribution in [2.24, 2.45) is 5.41 Å². The molecule has 0 aromatic carbocycles. The third-order valence-corrected chi connectivity index (χ3v) is 3.46. The van der Waals surface area contributed by atoms with Crippen LogP contribution < -0.4 is 5.32 Å². The minimum absolute atomic E-state index is 0.245. The quantitative estimate of drug-likeness (QED) is 0.693. The zero-order chi connectivity index (χ0) is 12.2. The molecule has 0 radical (unpaired) electrons. The van der Waals surface area contributed by atoms with Crippen LogP contribution in [0.3, 0.4) is 0 Å². The Bertz CT molecular complexity index is 245. The van der Waals surface area contributed by atoms with E-state index >= 15 is 0 Å². The van der Waals surface area contributed by atoms with Gasteiger partial charge in [0.25, 0.3) is 0 Å². The van der Waals surface area contributed by atoms with Gasteiger partial charge in [-0.2, -0.15) is 0 Å². The SMILES string of the molecule is COC(=O)C(C)(O)CNCC1(C)CCCC1. The highest BCUT2D eigenvalue weighted by Crippen LogP contribution is 2.36. The number of methoxy groups -OCH3 is 1. The van der Waals surface area contributed by atoms with Crippen molar-refractivity contribution >= 4 is 5.97 Å². The number of hydrogen-bond donors (Lipinski definition) is 2. The molecule has 0 aromatic heterocycles. The number of carbonyl (C=O) groups is 1. The molecular weight excluding hydrogens is 206 g/mol. The Morgan fingerprint density at radius 1 is 1.50 bits per heavy atom. The molecule has 1 saturated carbocycles. The predicted octanol–water partition coefficient (Wildman–Crippen LogP) is 1.08. The Balaban J connectivity index is 2.31. The highest BCUT2D eigenvalue weighted by atomic mass is 16.5. The van der Waals surface area contributed by atoms with Crippen LogP contribution >= 0.6 is 0 Å². The van der Waals surface area contributed by atoms with Crippen LogP contribution in [0, 0.1) is 5.41 Å². The Kier molecular flexibility index (Phi) is 4.33. The third-order valence-electron chi connectivity index (χ3n) is 3.46. The van der Waals surface area contributed by atoms with Gasteiger partial charge < -0.3 is 15.2 Å². The standard InChI is InChI=1S/C12H23NO3/c1-11(6-4-5-7-11)8-13-9-12(2,15)10(14)16-3/h13,15H,4-9H2,1-3H3. The van der Waals surface area contributed by atoms with E-state index in [0.29, 0.717) is 5.41 Å². The molecule has 1 fully saturated rings. The molecule has 0 bridgehead atoms. The van der Waals surface area contributed by atoms with E-state index in [1.165, 1.54) is 39.7 Å². The fourth-order valence-corrected chi connectivity index (χ4v) is 2.31. The summed E-state index contributed by atoms with van der Waals surface area (Å²) in [4.78, 5) is 11.2. The van der Waals surface area contributed by atoms with Gasteiger partial charge in [-0.05, 0) is 25.2 Å². The van der Waals surface area contributed by atoms with E-state index in [4.69, 9.17) is 0 Å². The first-order chi connectivity index (χ1) is 7.40. The summed E-state index contributed by atoms with van der Waals surface area (Å²) in [5.41, 5.74) is -1.10. The van der Waals surface area contributed by atoms with E-state index in [9.17, 15) is 9.90 Å². The normalized spacial score (nSPS) is 22.8. The molecule has 94 valence electrons. The number of rotatable bonds is 5. The first-order valence-electron chi connectivity index (χ1n) is 5.91. The van der Waals surface area contributed by atoms with Gasteiger partial charge in [-0.1, -0.05) is 19.8 Å². The second-order valence-electron chi connectivity index (χ2n) is 5.39. The maximum atomic E-state index is 11.2. The number of aliphatic hydroxyl groups is 1. The second-order valence-corrected chi connectivity index (χ2v) is 5.39. The molecule has 1 atom stereocenters. The Morgan fingerprint density at radius 3 is 2.56 bits per heavy atom. The number of ether oxygens (including phenoxy) is 1. The molecule has 16 heavy (non-hydrogen) atoms. The first-order valence-corrected chi connectivity index (χ1v) is 5.91. The average molecular weight is 229 g/mol. The summed E-state index contributed by atoms with van der Waals surface area (Å²) in [5, 5.41) is 13.0. The van der Waals surface area contributed by atoms with Crippen LogP contribution in [0.5, 0.6) is 0 Å². The van der Waals surface area contributed by atoms with E-state index in [2.05, 4.69) is 17.0 Å². The summed E-state index contributed by atoms with van der Waals surface area (Å²) < 4.78 is 4.53. The average Bonchev–Trinajstić information content (AvgIpc) is 2.63. The molecule has 1 aliphatic rings. The zero-order valence-corrected chi connectivity index (χ0v) is 10.5. The molecule has 1 unspecified atom stereocenters. The molecule has 1 aliphatic carbocycles. The van der Waals surface area contributed by atoms with Crippen molar-refractivity contribution in [2.75, 3.05) is 20.2 Å². The predicted molar refractivity (Wildman–Crippen MR) is 62.1 cm³/mol. The molecule has 0 aliphatic heterocycles. The highest BCUT2D eigenvalue weighted by molar-refractivity contribution is 5.78. The van der Waals surface area contributed by atoms with Crippen LogP contribution in [0.2, 0.25) is 0 Å². The van der Waals surface area contributed by atoms with Crippen LogP contribution in [0.4, 0.5) is 0 Å². The first kappa shape index (κ1) is 13.5. The molecule has 1 rings (SSSR count). The minimum atomic E-state index is -1.43. The van der Waals surface area contributed by atoms with Crippen LogP contribution in [0.25, 0.3) is 0 Å². The van der Waals surface area contributed by atoms with Gasteiger partial charge in [-0.15, -0.1) is 0 Å². The van der Waals surface area contributed by atoms with Gasteiger partial charge in [-0.25, -0.2) is 4.79 Å². The van der Waals surface area contributed by atoms with Crippen molar-refractivity contribution in [3.05, 3.63) is 0 Å². The van der Waals surface area contributed by atoms with Gasteiger partial charge in [0.2, 0.25) is 0 Å². The van der Waals surface area contributed by atoms with Crippen LogP contribution in [0.1, 0.15) is 39.5 Å². The van der Waals surface area contributed by atoms with Crippen LogP contribution in [-0.4, -0.2) is 36.9 Å². The van der Waals surface area contributed by atoms with Gasteiger partial charge in [0.1, 0.15) is 0 Å². The van der Waals surface area contributed by atoms with E-state index in [0.717, 1.165) is 6.54 Å². The number of hydrogen-bond acceptors (Lipinski definition) is 4. The molecule has 0 saturated heterocycles. The van der Waals surface area contributed by atoms with Gasteiger partial charge in [-0.3, -0.25) is 0 Å². The minimum Gasteiger partial charge on any atom is -0.467 e. The highest BCUT2D eigenvalue weighted by Gasteiger charge is 2.33. The van der Waals surface area contributed by atoms with Crippen molar-refractivity contribution in [3.8, 4) is 0 Å². The zero-order valence-electron chi connectivity index (χ0n) is 10.5. The summed E-state index contributed by atoms with van der Waals surface area (Å²) in [6, 6.07) is 0. The van der Waals surface area contributed by atoms with E-state index in [1.54, 1.807) is 0 Å². The van der Waals surface area contributed by atoms with Gasteiger partial charge in [0, 0.05) is 13.1 Å². The Morgan fingerprint density at radius 2 is 2.06 bits per heavy atom. The van der Waals surface area contributed by atoms with Crippen molar-refractivity contribution in [1.82, 2.24) is 5.32 Å². The lowest BCUT2D eigenvalue weighted by Gasteiger charge is -2.27. The Hall–Kier alpha value is -0.610. The summed E-state index contributed by atoms with van der Waals surface area (Å²) in [7, 11) is 1.29. The number of esters is 1. The van der Waals surface area contributed by atoms with Gasteiger partial charge in [0.05, 0.1) is 7.11 Å². The Labute approximate surface area is 97.4 Å². The van der Waals surface area contributed by atoms with Crippen molar-refractivity contribution in [3.63, 3.8) is 0 Å². The van der Waals surface area contributed by atoms with E-state index in [-0.39, 0.29) is 6.54 Å². The molecular formula is C12H23NO3. The number of carbonyl (C=O) groups excluding carboxylic acids is 1. The molecule has 0 aromatic rings. The largest absolute Gasteiger partial charge is 0.467 e. The fraction of sp³-hybridized carbons (Fsp3) is 0.917. The third kappa shape index (κ3) is 3.46. The summed E-state index contributed by atoms with van der Waals surface area (Å²) >= 11 is 0. The summed E-state index contributed by atoms with van der Waals surface area (Å²) in [5.74, 6) is -0.587. The lowest BCUT2D eigenvalue weighted by Crippen LogP contribution is -2.47. The van der Waals surface area contributed by atoms with E-state index < -0.39 is 11.6 Å². The summed E-state index contributed by atoms with van der Waals surface area (Å²) in [6.07, 6.45) is 5.01. The molecule has 4 nitrogen and oxygen atoms in total. The fourth-order valence-electron chi connectivity index (χ4n) is 2.31. The monoisotopic (exact) mass is 229 g/mol. The van der Waals surface area contributed by atoms with Crippen LogP contribution in [0.15, 0.2) is 0 Å². The molecule has 4 heteroatoms. The van der Waals surface area contributed by atoms with Crippen molar-refractivity contribution in [2.45, 2.75) is 45.1 Å². The lowest BCUT2D eigenvalue weighted by atomic mass is 9.88. The van der Waals surface area contributed by atoms with Crippen molar-refractivity contribution in [1.29, 1.82) is 0 Å². The van der Waals surface area contributed by atoms with Crippen molar-refractivity contribution < 1.29 is 14.6 Å². The topological polar surface area (TPSA) is 58.6 Å². The van der Waals surface area contributed by atoms with E-state index in [1.807, 2.05) is 0 Å². The van der Waals surface area contributed by atoms with Crippen LogP contribution in [-0.2, 0) is 9.53 Å². The smallest absolute Gasteiger partial charge is 0.338 e. The second kappa shape index (κ2) is 5.15. The lowest BCUT2D eigenvalue weighted by molar-refractivity contribution is -0.160. The summed E-state index contributed by atoms with van der Waals surface area (Å²) in [6.45, 7) is 4.82. The maximum absolute atomic E-state index is 11.2. The maximum Gasteiger partial charge on any atom is 0.338 e. The molecule has 2 N–H and O–H groups in total. The molecule has 0 amide bonds. The number of nitrogens with one attached hydrogen (secondary N) is 1. The van der Waals surface area contributed by atoms with Gasteiger partial charge in [0.15, 0.2) is 5.60 Å². The molecule has 0 spiro atoms.